The van der Waals surface area contributed by atoms with Crippen molar-refractivity contribution < 1.29 is 9.59 Å². The van der Waals surface area contributed by atoms with Crippen LogP contribution in [0.3, 0.4) is 0 Å². The van der Waals surface area contributed by atoms with Crippen molar-refractivity contribution in [3.8, 4) is 0 Å². The fraction of sp³-hybridized carbons (Fsp3) is 0.440. The highest BCUT2D eigenvalue weighted by atomic mass is 35.5. The van der Waals surface area contributed by atoms with Gasteiger partial charge in [0.2, 0.25) is 5.91 Å². The smallest absolute Gasteiger partial charge is 0.253 e. The maximum atomic E-state index is 12.8. The van der Waals surface area contributed by atoms with Gasteiger partial charge in [-0.15, -0.1) is 0 Å². The van der Waals surface area contributed by atoms with Crippen LogP contribution < -0.4 is 5.32 Å². The zero-order valence-electron chi connectivity index (χ0n) is 17.9. The number of hydrogen-bond acceptors (Lipinski definition) is 3. The number of piperidine rings is 2. The lowest BCUT2D eigenvalue weighted by molar-refractivity contribution is -0.121. The zero-order chi connectivity index (χ0) is 21.6. The molecule has 2 heterocycles. The Bertz CT molecular complexity index is 892. The first-order valence-corrected chi connectivity index (χ1v) is 11.6. The Morgan fingerprint density at radius 2 is 1.61 bits per heavy atom. The summed E-state index contributed by atoms with van der Waals surface area (Å²) in [5, 5.41) is 3.65. The summed E-state index contributed by atoms with van der Waals surface area (Å²) >= 11 is 5.92. The molecule has 2 aromatic carbocycles. The van der Waals surface area contributed by atoms with E-state index in [1.54, 1.807) is 29.2 Å². The number of likely N-dealkylation sites (tertiary alicyclic amines) is 2. The van der Waals surface area contributed by atoms with Crippen molar-refractivity contribution in [1.29, 1.82) is 0 Å². The van der Waals surface area contributed by atoms with Gasteiger partial charge in [-0.3, -0.25) is 14.5 Å². The summed E-state index contributed by atoms with van der Waals surface area (Å²) in [7, 11) is 0. The zero-order valence-corrected chi connectivity index (χ0v) is 18.6. The maximum absolute atomic E-state index is 12.8. The van der Waals surface area contributed by atoms with E-state index in [-0.39, 0.29) is 17.7 Å². The molecule has 0 saturated carbocycles. The first-order valence-electron chi connectivity index (χ1n) is 11.3. The molecule has 31 heavy (non-hydrogen) atoms. The third kappa shape index (κ3) is 5.86. The van der Waals surface area contributed by atoms with Gasteiger partial charge in [-0.25, -0.2) is 0 Å². The molecule has 2 aromatic rings. The number of carbonyl (C=O) groups is 2. The number of halogens is 1. The van der Waals surface area contributed by atoms with Crippen LogP contribution in [-0.4, -0.2) is 47.8 Å². The number of amides is 2. The van der Waals surface area contributed by atoms with Gasteiger partial charge in [-0.1, -0.05) is 30.2 Å². The van der Waals surface area contributed by atoms with E-state index in [0.29, 0.717) is 23.7 Å². The van der Waals surface area contributed by atoms with Crippen LogP contribution in [0.1, 0.15) is 48.0 Å². The van der Waals surface area contributed by atoms with E-state index in [0.717, 1.165) is 25.1 Å². The normalized spacial score (nSPS) is 19.8. The Hall–Kier alpha value is -2.37. The van der Waals surface area contributed by atoms with E-state index >= 15 is 0 Å². The second kappa shape index (κ2) is 10.3. The highest BCUT2D eigenvalue weighted by Gasteiger charge is 2.29. The van der Waals surface area contributed by atoms with Gasteiger partial charge in [-0.05, 0) is 80.7 Å². The molecule has 5 nitrogen and oxygen atoms in total. The summed E-state index contributed by atoms with van der Waals surface area (Å²) in [6, 6.07) is 15.1. The molecule has 6 heteroatoms. The molecule has 0 spiro atoms. The summed E-state index contributed by atoms with van der Waals surface area (Å²) in [6.45, 7) is 4.44. The predicted molar refractivity (Wildman–Crippen MR) is 124 cm³/mol. The summed E-state index contributed by atoms with van der Waals surface area (Å²) < 4.78 is 0. The molecule has 0 radical (unpaired) electrons. The van der Waals surface area contributed by atoms with Crippen molar-refractivity contribution in [3.63, 3.8) is 0 Å². The van der Waals surface area contributed by atoms with Gasteiger partial charge in [-0.2, -0.15) is 0 Å². The van der Waals surface area contributed by atoms with Crippen LogP contribution in [-0.2, 0) is 11.3 Å². The molecular weight excluding hydrogens is 410 g/mol. The molecule has 2 amide bonds. The Kier molecular flexibility index (Phi) is 7.25. The van der Waals surface area contributed by atoms with Crippen LogP contribution in [0.5, 0.6) is 0 Å². The average Bonchev–Trinajstić information content (AvgIpc) is 2.81. The molecule has 1 N–H and O–H groups in total. The van der Waals surface area contributed by atoms with Crippen LogP contribution in [0.2, 0.25) is 5.02 Å². The van der Waals surface area contributed by atoms with E-state index < -0.39 is 0 Å². The SMILES string of the molecule is O=C(Nc1ccc(CN2CCCCC2)cc1)[C@H]1CCCN(C(=O)c2ccc(Cl)cc2)C1. The van der Waals surface area contributed by atoms with E-state index in [1.165, 1.54) is 37.9 Å². The fourth-order valence-corrected chi connectivity index (χ4v) is 4.59. The molecule has 2 aliphatic rings. The van der Waals surface area contributed by atoms with Gasteiger partial charge in [0.1, 0.15) is 0 Å². The van der Waals surface area contributed by atoms with Crippen molar-refractivity contribution in [2.75, 3.05) is 31.5 Å². The summed E-state index contributed by atoms with van der Waals surface area (Å²) in [5.41, 5.74) is 2.69. The van der Waals surface area contributed by atoms with Crippen molar-refractivity contribution in [2.45, 2.75) is 38.6 Å². The predicted octanol–water partition coefficient (Wildman–Crippen LogP) is 4.82. The van der Waals surface area contributed by atoms with Crippen molar-refractivity contribution in [3.05, 3.63) is 64.7 Å². The highest BCUT2D eigenvalue weighted by Crippen LogP contribution is 2.22. The lowest BCUT2D eigenvalue weighted by Crippen LogP contribution is -2.43. The molecule has 2 aliphatic heterocycles. The maximum Gasteiger partial charge on any atom is 0.253 e. The van der Waals surface area contributed by atoms with Crippen molar-refractivity contribution in [2.24, 2.45) is 5.92 Å². The number of anilines is 1. The van der Waals surface area contributed by atoms with Crippen LogP contribution >= 0.6 is 11.6 Å². The number of benzene rings is 2. The third-order valence-electron chi connectivity index (χ3n) is 6.25. The van der Waals surface area contributed by atoms with Gasteiger partial charge < -0.3 is 10.2 Å². The number of rotatable bonds is 5. The average molecular weight is 440 g/mol. The molecule has 2 fully saturated rings. The van der Waals surface area contributed by atoms with E-state index in [9.17, 15) is 9.59 Å². The molecule has 0 unspecified atom stereocenters. The molecule has 4 rings (SSSR count). The molecule has 0 aromatic heterocycles. The quantitative estimate of drug-likeness (QED) is 0.726. The topological polar surface area (TPSA) is 52.7 Å². The fourth-order valence-electron chi connectivity index (χ4n) is 4.46. The second-order valence-corrected chi connectivity index (χ2v) is 9.06. The monoisotopic (exact) mass is 439 g/mol. The Morgan fingerprint density at radius 3 is 2.32 bits per heavy atom. The Balaban J connectivity index is 1.31. The largest absolute Gasteiger partial charge is 0.338 e. The summed E-state index contributed by atoms with van der Waals surface area (Å²) in [6.07, 6.45) is 5.53. The van der Waals surface area contributed by atoms with E-state index in [1.807, 2.05) is 12.1 Å². The molecule has 0 bridgehead atoms. The molecule has 0 aliphatic carbocycles. The second-order valence-electron chi connectivity index (χ2n) is 8.62. The lowest BCUT2D eigenvalue weighted by atomic mass is 9.96. The van der Waals surface area contributed by atoms with Crippen LogP contribution in [0.15, 0.2) is 48.5 Å². The first kappa shape index (κ1) is 21.8. The van der Waals surface area contributed by atoms with E-state index in [2.05, 4.69) is 22.3 Å². The number of carbonyl (C=O) groups excluding carboxylic acids is 2. The van der Waals surface area contributed by atoms with Gasteiger partial charge in [0.15, 0.2) is 0 Å². The van der Waals surface area contributed by atoms with Crippen molar-refractivity contribution >= 4 is 29.1 Å². The number of nitrogens with one attached hydrogen (secondary N) is 1. The molecule has 2 saturated heterocycles. The Labute approximate surface area is 189 Å². The minimum Gasteiger partial charge on any atom is -0.338 e. The molecule has 164 valence electrons. The minimum atomic E-state index is -0.196. The third-order valence-corrected chi connectivity index (χ3v) is 6.50. The Morgan fingerprint density at radius 1 is 0.903 bits per heavy atom. The molecule has 1 atom stereocenters. The summed E-state index contributed by atoms with van der Waals surface area (Å²) in [4.78, 5) is 29.9. The highest BCUT2D eigenvalue weighted by molar-refractivity contribution is 6.30. The van der Waals surface area contributed by atoms with Crippen LogP contribution in [0, 0.1) is 5.92 Å². The lowest BCUT2D eigenvalue weighted by Gasteiger charge is -2.32. The van der Waals surface area contributed by atoms with Crippen molar-refractivity contribution in [1.82, 2.24) is 9.80 Å². The van der Waals surface area contributed by atoms with Crippen LogP contribution in [0.4, 0.5) is 5.69 Å². The number of hydrogen-bond donors (Lipinski definition) is 1. The first-order chi connectivity index (χ1) is 15.1. The summed E-state index contributed by atoms with van der Waals surface area (Å²) in [5.74, 6) is -0.258. The van der Waals surface area contributed by atoms with Crippen LogP contribution in [0.25, 0.3) is 0 Å². The number of nitrogens with zero attached hydrogens (tertiary/aromatic N) is 2. The molecular formula is C25H30ClN3O2. The van der Waals surface area contributed by atoms with Gasteiger partial charge in [0, 0.05) is 35.9 Å². The van der Waals surface area contributed by atoms with E-state index in [4.69, 9.17) is 11.6 Å². The standard InChI is InChI=1S/C25H30ClN3O2/c26-22-10-8-20(9-11-22)25(31)29-16-4-5-21(18-29)24(30)27-23-12-6-19(7-13-23)17-28-14-2-1-3-15-28/h6-13,21H,1-5,14-18H2,(H,27,30)/t21-/m0/s1. The van der Waals surface area contributed by atoms with Gasteiger partial charge in [0.25, 0.3) is 5.91 Å². The minimum absolute atomic E-state index is 0.0163. The van der Waals surface area contributed by atoms with Gasteiger partial charge in [0.05, 0.1) is 5.92 Å². The van der Waals surface area contributed by atoms with Gasteiger partial charge >= 0.3 is 0 Å².